The van der Waals surface area contributed by atoms with E-state index >= 15 is 0 Å². The lowest BCUT2D eigenvalue weighted by molar-refractivity contribution is 0.138. The molecule has 1 aliphatic rings. The summed E-state index contributed by atoms with van der Waals surface area (Å²) in [7, 11) is 0. The predicted octanol–water partition coefficient (Wildman–Crippen LogP) is 0.344. The molecule has 2 rings (SSSR count). The Hall–Kier alpha value is -1.82. The molecule has 2 heterocycles. The SMILES string of the molecule is NC(=NO)c1ccc(OC2CCOC2)nc1. The maximum atomic E-state index is 8.47. The van der Waals surface area contributed by atoms with Crippen LogP contribution in [0.25, 0.3) is 0 Å². The van der Waals surface area contributed by atoms with E-state index in [-0.39, 0.29) is 11.9 Å². The number of amidine groups is 1. The van der Waals surface area contributed by atoms with Crippen LogP contribution in [-0.4, -0.2) is 35.3 Å². The van der Waals surface area contributed by atoms with Crippen LogP contribution in [-0.2, 0) is 4.74 Å². The van der Waals surface area contributed by atoms with Crippen LogP contribution < -0.4 is 10.5 Å². The van der Waals surface area contributed by atoms with Gasteiger partial charge < -0.3 is 20.4 Å². The van der Waals surface area contributed by atoms with Crippen molar-refractivity contribution in [2.45, 2.75) is 12.5 Å². The number of hydrogen-bond acceptors (Lipinski definition) is 5. The number of aromatic nitrogens is 1. The highest BCUT2D eigenvalue weighted by molar-refractivity contribution is 5.96. The first-order valence-electron chi connectivity index (χ1n) is 4.98. The van der Waals surface area contributed by atoms with Gasteiger partial charge in [0.15, 0.2) is 5.84 Å². The average Bonchev–Trinajstić information content (AvgIpc) is 2.82. The Balaban J connectivity index is 2.01. The van der Waals surface area contributed by atoms with Crippen molar-refractivity contribution in [1.29, 1.82) is 0 Å². The molecule has 0 bridgehead atoms. The van der Waals surface area contributed by atoms with Crippen LogP contribution in [0.3, 0.4) is 0 Å². The minimum absolute atomic E-state index is 0.0308. The zero-order chi connectivity index (χ0) is 11.4. The van der Waals surface area contributed by atoms with E-state index in [4.69, 9.17) is 20.4 Å². The molecular formula is C10H13N3O3. The van der Waals surface area contributed by atoms with Crippen LogP contribution >= 0.6 is 0 Å². The Kier molecular flexibility index (Phi) is 3.21. The zero-order valence-electron chi connectivity index (χ0n) is 8.67. The Morgan fingerprint density at radius 1 is 1.62 bits per heavy atom. The van der Waals surface area contributed by atoms with Gasteiger partial charge in [0, 0.05) is 24.2 Å². The lowest BCUT2D eigenvalue weighted by Gasteiger charge is -2.10. The highest BCUT2D eigenvalue weighted by Crippen LogP contribution is 2.14. The molecule has 16 heavy (non-hydrogen) atoms. The molecule has 1 aromatic heterocycles. The van der Waals surface area contributed by atoms with E-state index < -0.39 is 0 Å². The highest BCUT2D eigenvalue weighted by atomic mass is 16.5. The molecule has 0 amide bonds. The van der Waals surface area contributed by atoms with Crippen LogP contribution in [0.4, 0.5) is 0 Å². The molecule has 0 saturated carbocycles. The van der Waals surface area contributed by atoms with Crippen molar-refractivity contribution >= 4 is 5.84 Å². The Morgan fingerprint density at radius 2 is 2.50 bits per heavy atom. The topological polar surface area (TPSA) is 90.0 Å². The van der Waals surface area contributed by atoms with Gasteiger partial charge in [0.05, 0.1) is 13.2 Å². The average molecular weight is 223 g/mol. The van der Waals surface area contributed by atoms with E-state index in [1.165, 1.54) is 6.20 Å². The Bertz CT molecular complexity index is 371. The van der Waals surface area contributed by atoms with E-state index in [1.807, 2.05) is 0 Å². The van der Waals surface area contributed by atoms with Crippen LogP contribution in [0.1, 0.15) is 12.0 Å². The van der Waals surface area contributed by atoms with Crippen molar-refractivity contribution in [3.63, 3.8) is 0 Å². The molecule has 1 saturated heterocycles. The molecule has 6 nitrogen and oxygen atoms in total. The van der Waals surface area contributed by atoms with Crippen LogP contribution in [0.5, 0.6) is 5.88 Å². The van der Waals surface area contributed by atoms with Crippen molar-refractivity contribution in [3.05, 3.63) is 23.9 Å². The fraction of sp³-hybridized carbons (Fsp3) is 0.400. The summed E-state index contributed by atoms with van der Waals surface area (Å²) >= 11 is 0. The third-order valence-electron chi connectivity index (χ3n) is 2.32. The molecule has 0 spiro atoms. The van der Waals surface area contributed by atoms with Gasteiger partial charge in [-0.25, -0.2) is 4.98 Å². The summed E-state index contributed by atoms with van der Waals surface area (Å²) in [4.78, 5) is 4.06. The van der Waals surface area contributed by atoms with Gasteiger partial charge in [-0.05, 0) is 6.07 Å². The number of rotatable bonds is 3. The van der Waals surface area contributed by atoms with Gasteiger partial charge in [-0.2, -0.15) is 0 Å². The van der Waals surface area contributed by atoms with Gasteiger partial charge in [-0.3, -0.25) is 0 Å². The highest BCUT2D eigenvalue weighted by Gasteiger charge is 2.17. The van der Waals surface area contributed by atoms with Gasteiger partial charge in [0.1, 0.15) is 6.10 Å². The molecule has 1 aromatic rings. The zero-order valence-corrected chi connectivity index (χ0v) is 8.67. The normalized spacial score (nSPS) is 21.0. The smallest absolute Gasteiger partial charge is 0.213 e. The van der Waals surface area contributed by atoms with E-state index in [1.54, 1.807) is 12.1 Å². The second-order valence-corrected chi connectivity index (χ2v) is 3.47. The number of hydrogen-bond donors (Lipinski definition) is 2. The third kappa shape index (κ3) is 2.40. The molecule has 1 aliphatic heterocycles. The van der Waals surface area contributed by atoms with Gasteiger partial charge in [0.2, 0.25) is 5.88 Å². The summed E-state index contributed by atoms with van der Waals surface area (Å²) in [5.41, 5.74) is 5.96. The van der Waals surface area contributed by atoms with E-state index in [0.717, 1.165) is 13.0 Å². The first kappa shape index (κ1) is 10.7. The Labute approximate surface area is 92.7 Å². The van der Waals surface area contributed by atoms with Crippen LogP contribution in [0, 0.1) is 0 Å². The fourth-order valence-electron chi connectivity index (χ4n) is 1.44. The monoisotopic (exact) mass is 223 g/mol. The maximum Gasteiger partial charge on any atom is 0.213 e. The standard InChI is InChI=1S/C10H13N3O3/c11-10(13-14)7-1-2-9(12-5-7)16-8-3-4-15-6-8/h1-2,5,8,14H,3-4,6H2,(H2,11,13). The third-order valence-corrected chi connectivity index (χ3v) is 2.32. The number of ether oxygens (including phenoxy) is 2. The summed E-state index contributed by atoms with van der Waals surface area (Å²) in [5, 5.41) is 11.4. The van der Waals surface area contributed by atoms with Crippen LogP contribution in [0.2, 0.25) is 0 Å². The number of pyridine rings is 1. The largest absolute Gasteiger partial charge is 0.472 e. The summed E-state index contributed by atoms with van der Waals surface area (Å²) in [6.45, 7) is 1.33. The minimum Gasteiger partial charge on any atom is -0.472 e. The molecule has 1 fully saturated rings. The second-order valence-electron chi connectivity index (χ2n) is 3.47. The summed E-state index contributed by atoms with van der Waals surface area (Å²) < 4.78 is 10.7. The summed E-state index contributed by atoms with van der Waals surface area (Å²) in [6, 6.07) is 3.37. The molecular weight excluding hydrogens is 210 g/mol. The molecule has 0 aliphatic carbocycles. The predicted molar refractivity (Wildman–Crippen MR) is 56.6 cm³/mol. The number of nitrogens with two attached hydrogens (primary N) is 1. The number of nitrogens with zero attached hydrogens (tertiary/aromatic N) is 2. The molecule has 0 aromatic carbocycles. The van der Waals surface area contributed by atoms with Gasteiger partial charge in [-0.15, -0.1) is 0 Å². The van der Waals surface area contributed by atoms with Gasteiger partial charge in [0.25, 0.3) is 0 Å². The first-order chi connectivity index (χ1) is 7.79. The minimum atomic E-state index is 0.0308. The molecule has 1 unspecified atom stereocenters. The lowest BCUT2D eigenvalue weighted by atomic mass is 10.2. The van der Waals surface area contributed by atoms with Crippen molar-refractivity contribution in [3.8, 4) is 5.88 Å². The van der Waals surface area contributed by atoms with E-state index in [0.29, 0.717) is 18.1 Å². The first-order valence-corrected chi connectivity index (χ1v) is 4.98. The van der Waals surface area contributed by atoms with E-state index in [2.05, 4.69) is 10.1 Å². The molecule has 86 valence electrons. The van der Waals surface area contributed by atoms with Crippen molar-refractivity contribution in [2.75, 3.05) is 13.2 Å². The molecule has 3 N–H and O–H groups in total. The maximum absolute atomic E-state index is 8.47. The van der Waals surface area contributed by atoms with Crippen LogP contribution in [0.15, 0.2) is 23.5 Å². The van der Waals surface area contributed by atoms with E-state index in [9.17, 15) is 0 Å². The second kappa shape index (κ2) is 4.80. The Morgan fingerprint density at radius 3 is 3.06 bits per heavy atom. The number of oxime groups is 1. The lowest BCUT2D eigenvalue weighted by Crippen LogP contribution is -2.17. The molecule has 0 radical (unpaired) electrons. The quantitative estimate of drug-likeness (QED) is 0.334. The van der Waals surface area contributed by atoms with Crippen molar-refractivity contribution in [1.82, 2.24) is 4.98 Å². The van der Waals surface area contributed by atoms with Crippen molar-refractivity contribution in [2.24, 2.45) is 10.9 Å². The summed E-state index contributed by atoms with van der Waals surface area (Å²) in [5.74, 6) is 0.549. The van der Waals surface area contributed by atoms with Crippen molar-refractivity contribution < 1.29 is 14.7 Å². The summed E-state index contributed by atoms with van der Waals surface area (Å²) in [6.07, 6.45) is 2.45. The molecule has 1 atom stereocenters. The fourth-order valence-corrected chi connectivity index (χ4v) is 1.44. The van der Waals surface area contributed by atoms with Gasteiger partial charge >= 0.3 is 0 Å². The van der Waals surface area contributed by atoms with Gasteiger partial charge in [-0.1, -0.05) is 5.16 Å². The molecule has 6 heteroatoms.